The van der Waals surface area contributed by atoms with Crippen LogP contribution in [0.3, 0.4) is 0 Å². The number of carbonyl (C=O) groups is 2. The average Bonchev–Trinajstić information content (AvgIpc) is 3.05. The molecule has 152 valence electrons. The number of piperidine rings is 1. The number of aromatic amines is 1. The van der Waals surface area contributed by atoms with Gasteiger partial charge in [-0.25, -0.2) is 14.6 Å². The molecule has 4 N–H and O–H groups in total. The van der Waals surface area contributed by atoms with Crippen molar-refractivity contribution in [1.82, 2.24) is 20.2 Å². The molecule has 1 aromatic carbocycles. The van der Waals surface area contributed by atoms with Crippen molar-refractivity contribution in [3.63, 3.8) is 0 Å². The number of benzene rings is 1. The zero-order chi connectivity index (χ0) is 20.8. The number of H-pyrrole nitrogens is 1. The van der Waals surface area contributed by atoms with E-state index in [0.717, 1.165) is 54.4 Å². The molecule has 0 spiro atoms. The summed E-state index contributed by atoms with van der Waals surface area (Å²) >= 11 is 5.40. The first-order valence-electron chi connectivity index (χ1n) is 9.18. The molecule has 0 amide bonds. The van der Waals surface area contributed by atoms with E-state index in [1.165, 1.54) is 11.1 Å². The summed E-state index contributed by atoms with van der Waals surface area (Å²) in [5.74, 6) is -2.01. The van der Waals surface area contributed by atoms with Gasteiger partial charge in [-0.1, -0.05) is 0 Å². The minimum absolute atomic E-state index is 0.508. The van der Waals surface area contributed by atoms with E-state index in [1.807, 2.05) is 0 Å². The number of nitrogens with zero attached hydrogens (tertiary/aromatic N) is 2. The lowest BCUT2D eigenvalue weighted by Gasteiger charge is -2.33. The van der Waals surface area contributed by atoms with Gasteiger partial charge in [0.2, 0.25) is 0 Å². The summed E-state index contributed by atoms with van der Waals surface area (Å²) in [6.07, 6.45) is 2.20. The van der Waals surface area contributed by atoms with Gasteiger partial charge in [0.05, 0.1) is 11.0 Å². The van der Waals surface area contributed by atoms with Crippen LogP contribution in [0.15, 0.2) is 12.1 Å². The Hall–Kier alpha value is -2.68. The number of aliphatic carboxylic acids is 2. The van der Waals surface area contributed by atoms with Gasteiger partial charge in [-0.05, 0) is 69.1 Å². The fourth-order valence-corrected chi connectivity index (χ4v) is 3.43. The van der Waals surface area contributed by atoms with Crippen LogP contribution in [0.2, 0.25) is 0 Å². The SMILES string of the molecule is CCNC(=S)N1CCC(c2nc3cc(C)c(C)cc3[nH]2)CC1.O=C(O)C(=O)O. The van der Waals surface area contributed by atoms with Crippen LogP contribution < -0.4 is 5.32 Å². The molecule has 1 saturated heterocycles. The van der Waals surface area contributed by atoms with E-state index in [-0.39, 0.29) is 0 Å². The predicted molar refractivity (Wildman–Crippen MR) is 111 cm³/mol. The standard InChI is InChI=1S/C17H24N4S.C2H2O4/c1-4-18-17(22)21-7-5-13(6-8-21)16-19-14-9-11(2)12(3)10-15(14)20-16;3-1(4)2(5)6/h9-10,13H,4-8H2,1-3H3,(H,18,22)(H,19,20);(H,3,4)(H,5,6). The predicted octanol–water partition coefficient (Wildman–Crippen LogP) is 2.41. The van der Waals surface area contributed by atoms with E-state index >= 15 is 0 Å². The summed E-state index contributed by atoms with van der Waals surface area (Å²) in [6, 6.07) is 4.39. The summed E-state index contributed by atoms with van der Waals surface area (Å²) in [7, 11) is 0. The molecule has 8 nitrogen and oxygen atoms in total. The Balaban J connectivity index is 0.000000409. The normalized spacial score (nSPS) is 14.3. The van der Waals surface area contributed by atoms with Crippen LogP contribution in [0.25, 0.3) is 11.0 Å². The number of aromatic nitrogens is 2. The third-order valence-electron chi connectivity index (χ3n) is 4.80. The first-order chi connectivity index (χ1) is 13.2. The zero-order valence-electron chi connectivity index (χ0n) is 16.3. The molecular formula is C19H26N4O4S. The average molecular weight is 407 g/mol. The van der Waals surface area contributed by atoms with Crippen LogP contribution in [0, 0.1) is 13.8 Å². The first kappa shape index (κ1) is 21.6. The van der Waals surface area contributed by atoms with Crippen LogP contribution in [-0.2, 0) is 9.59 Å². The van der Waals surface area contributed by atoms with Gasteiger partial charge in [-0.15, -0.1) is 0 Å². The highest BCUT2D eigenvalue weighted by atomic mass is 32.1. The van der Waals surface area contributed by atoms with Crippen LogP contribution >= 0.6 is 12.2 Å². The molecule has 1 fully saturated rings. The minimum Gasteiger partial charge on any atom is -0.473 e. The third-order valence-corrected chi connectivity index (χ3v) is 5.20. The van der Waals surface area contributed by atoms with Crippen molar-refractivity contribution in [3.8, 4) is 0 Å². The number of thiocarbonyl (C=S) groups is 1. The Labute approximate surface area is 169 Å². The summed E-state index contributed by atoms with van der Waals surface area (Å²) in [5, 5.41) is 18.9. The zero-order valence-corrected chi connectivity index (χ0v) is 17.1. The Kier molecular flexibility index (Phi) is 7.33. The van der Waals surface area contributed by atoms with Crippen molar-refractivity contribution in [2.24, 2.45) is 0 Å². The maximum Gasteiger partial charge on any atom is 0.414 e. The van der Waals surface area contributed by atoms with E-state index < -0.39 is 11.9 Å². The summed E-state index contributed by atoms with van der Waals surface area (Å²) in [5.41, 5.74) is 4.86. The third kappa shape index (κ3) is 5.41. The maximum absolute atomic E-state index is 9.10. The van der Waals surface area contributed by atoms with E-state index in [2.05, 4.69) is 48.1 Å². The van der Waals surface area contributed by atoms with Gasteiger partial charge in [-0.3, -0.25) is 0 Å². The second-order valence-corrected chi connectivity index (χ2v) is 7.17. The largest absolute Gasteiger partial charge is 0.473 e. The first-order valence-corrected chi connectivity index (χ1v) is 9.59. The van der Waals surface area contributed by atoms with Gasteiger partial charge < -0.3 is 25.4 Å². The molecule has 28 heavy (non-hydrogen) atoms. The van der Waals surface area contributed by atoms with E-state index in [4.69, 9.17) is 37.0 Å². The lowest BCUT2D eigenvalue weighted by molar-refractivity contribution is -0.159. The molecule has 2 heterocycles. The number of rotatable bonds is 2. The van der Waals surface area contributed by atoms with E-state index in [9.17, 15) is 0 Å². The second-order valence-electron chi connectivity index (χ2n) is 6.78. The number of fused-ring (bicyclic) bond motifs is 1. The van der Waals surface area contributed by atoms with Gasteiger partial charge in [-0.2, -0.15) is 0 Å². The molecule has 2 aromatic rings. The molecule has 0 unspecified atom stereocenters. The van der Waals surface area contributed by atoms with Crippen molar-refractivity contribution in [2.75, 3.05) is 19.6 Å². The molecule has 1 aliphatic heterocycles. The molecule has 3 rings (SSSR count). The van der Waals surface area contributed by atoms with Crippen LogP contribution in [-0.4, -0.2) is 61.8 Å². The lowest BCUT2D eigenvalue weighted by Crippen LogP contribution is -2.43. The number of imidazole rings is 1. The molecule has 0 bridgehead atoms. The maximum atomic E-state index is 9.10. The number of likely N-dealkylation sites (tertiary alicyclic amines) is 1. The topological polar surface area (TPSA) is 119 Å². The highest BCUT2D eigenvalue weighted by molar-refractivity contribution is 7.80. The molecule has 1 aromatic heterocycles. The Bertz CT molecular complexity index is 821. The Morgan fingerprint density at radius 2 is 1.79 bits per heavy atom. The molecule has 0 saturated carbocycles. The van der Waals surface area contributed by atoms with E-state index in [1.54, 1.807) is 0 Å². The van der Waals surface area contributed by atoms with Gasteiger partial charge in [0.15, 0.2) is 5.11 Å². The monoisotopic (exact) mass is 406 g/mol. The molecule has 1 aliphatic rings. The quantitative estimate of drug-likeness (QED) is 0.444. The molecule has 0 atom stereocenters. The highest BCUT2D eigenvalue weighted by Gasteiger charge is 2.24. The Morgan fingerprint density at radius 1 is 1.21 bits per heavy atom. The van der Waals surface area contributed by atoms with Crippen molar-refractivity contribution in [1.29, 1.82) is 0 Å². The smallest absolute Gasteiger partial charge is 0.414 e. The highest BCUT2D eigenvalue weighted by Crippen LogP contribution is 2.28. The van der Waals surface area contributed by atoms with Gasteiger partial charge in [0.25, 0.3) is 0 Å². The summed E-state index contributed by atoms with van der Waals surface area (Å²) in [6.45, 7) is 9.27. The van der Waals surface area contributed by atoms with Crippen LogP contribution in [0.5, 0.6) is 0 Å². The van der Waals surface area contributed by atoms with Gasteiger partial charge >= 0.3 is 11.9 Å². The second kappa shape index (κ2) is 9.50. The fraction of sp³-hybridized carbons (Fsp3) is 0.474. The lowest BCUT2D eigenvalue weighted by atomic mass is 9.96. The molecule has 0 radical (unpaired) electrons. The van der Waals surface area contributed by atoms with Gasteiger partial charge in [0, 0.05) is 25.6 Å². The number of aryl methyl sites for hydroxylation is 2. The van der Waals surface area contributed by atoms with Crippen LogP contribution in [0.1, 0.15) is 42.6 Å². The van der Waals surface area contributed by atoms with Crippen molar-refractivity contribution in [3.05, 3.63) is 29.1 Å². The minimum atomic E-state index is -1.82. The van der Waals surface area contributed by atoms with Gasteiger partial charge in [0.1, 0.15) is 5.82 Å². The molecular weight excluding hydrogens is 380 g/mol. The number of hydrogen-bond acceptors (Lipinski definition) is 4. The number of hydrogen-bond donors (Lipinski definition) is 4. The van der Waals surface area contributed by atoms with Crippen LogP contribution in [0.4, 0.5) is 0 Å². The van der Waals surface area contributed by atoms with Crippen molar-refractivity contribution in [2.45, 2.75) is 39.5 Å². The number of carboxylic acid groups (broad SMARTS) is 2. The van der Waals surface area contributed by atoms with E-state index in [0.29, 0.717) is 5.92 Å². The fourth-order valence-electron chi connectivity index (χ4n) is 3.10. The summed E-state index contributed by atoms with van der Waals surface area (Å²) in [4.78, 5) is 28.8. The summed E-state index contributed by atoms with van der Waals surface area (Å²) < 4.78 is 0. The number of nitrogens with one attached hydrogen (secondary N) is 2. The molecule has 9 heteroatoms. The molecule has 0 aliphatic carbocycles. The van der Waals surface area contributed by atoms with Crippen molar-refractivity contribution >= 4 is 40.3 Å². The van der Waals surface area contributed by atoms with Crippen molar-refractivity contribution < 1.29 is 19.8 Å². The number of carboxylic acids is 2. The Morgan fingerprint density at radius 3 is 2.32 bits per heavy atom.